The van der Waals surface area contributed by atoms with Crippen molar-refractivity contribution >= 4 is 27.6 Å². The zero-order valence-electron chi connectivity index (χ0n) is 13.5. The second-order valence-corrected chi connectivity index (χ2v) is 6.71. The van der Waals surface area contributed by atoms with Crippen molar-refractivity contribution in [2.45, 2.75) is 6.10 Å². The molecule has 1 saturated heterocycles. The molecule has 2 aromatic heterocycles. The number of hydrogen-bond donors (Lipinski definition) is 1. The van der Waals surface area contributed by atoms with E-state index < -0.39 is 0 Å². The van der Waals surface area contributed by atoms with E-state index in [1.165, 1.54) is 11.5 Å². The van der Waals surface area contributed by atoms with Crippen LogP contribution in [-0.2, 0) is 4.74 Å². The molecule has 0 aliphatic carbocycles. The van der Waals surface area contributed by atoms with Gasteiger partial charge in [-0.05, 0) is 18.6 Å². The minimum atomic E-state index is 0.176. The van der Waals surface area contributed by atoms with Gasteiger partial charge in [0.2, 0.25) is 0 Å². The molecule has 1 aromatic carbocycles. The van der Waals surface area contributed by atoms with Crippen LogP contribution in [0.5, 0.6) is 0 Å². The van der Waals surface area contributed by atoms with E-state index in [1.54, 1.807) is 6.33 Å². The second-order valence-electron chi connectivity index (χ2n) is 5.93. The molecule has 1 atom stereocenters. The molecule has 24 heavy (non-hydrogen) atoms. The van der Waals surface area contributed by atoms with Crippen molar-refractivity contribution in [2.24, 2.45) is 0 Å². The van der Waals surface area contributed by atoms with Gasteiger partial charge in [0, 0.05) is 25.2 Å². The number of morpholine rings is 1. The van der Waals surface area contributed by atoms with Crippen LogP contribution in [0.2, 0.25) is 0 Å². The van der Waals surface area contributed by atoms with Gasteiger partial charge in [-0.15, -0.1) is 0 Å². The summed E-state index contributed by atoms with van der Waals surface area (Å²) < 4.78 is 11.4. The third-order valence-electron chi connectivity index (χ3n) is 4.14. The Kier molecular flexibility index (Phi) is 4.38. The fourth-order valence-electron chi connectivity index (χ4n) is 2.88. The predicted molar refractivity (Wildman–Crippen MR) is 96.4 cm³/mol. The summed E-state index contributed by atoms with van der Waals surface area (Å²) in [4.78, 5) is 11.1. The Balaban J connectivity index is 1.57. The first-order chi connectivity index (χ1) is 11.8. The van der Waals surface area contributed by atoms with Crippen molar-refractivity contribution in [3.8, 4) is 11.3 Å². The Morgan fingerprint density at radius 1 is 1.29 bits per heavy atom. The van der Waals surface area contributed by atoms with Crippen molar-refractivity contribution < 1.29 is 4.74 Å². The second kappa shape index (κ2) is 6.80. The molecule has 1 N–H and O–H groups in total. The van der Waals surface area contributed by atoms with Crippen LogP contribution in [-0.4, -0.2) is 58.6 Å². The lowest BCUT2D eigenvalue weighted by atomic mass is 10.1. The van der Waals surface area contributed by atoms with Gasteiger partial charge in [0.25, 0.3) is 0 Å². The van der Waals surface area contributed by atoms with Crippen LogP contribution < -0.4 is 5.32 Å². The summed E-state index contributed by atoms with van der Waals surface area (Å²) in [7, 11) is 2.12. The van der Waals surface area contributed by atoms with E-state index in [0.717, 1.165) is 53.5 Å². The van der Waals surface area contributed by atoms with E-state index in [0.29, 0.717) is 0 Å². The zero-order chi connectivity index (χ0) is 16.4. The van der Waals surface area contributed by atoms with Crippen molar-refractivity contribution in [3.05, 3.63) is 36.7 Å². The van der Waals surface area contributed by atoms with E-state index in [2.05, 4.69) is 43.7 Å². The summed E-state index contributed by atoms with van der Waals surface area (Å²) in [6.45, 7) is 3.43. The molecule has 6 nitrogen and oxygen atoms in total. The summed E-state index contributed by atoms with van der Waals surface area (Å²) in [5, 5.41) is 3.41. The van der Waals surface area contributed by atoms with Crippen molar-refractivity contribution in [1.82, 2.24) is 19.2 Å². The SMILES string of the molecule is CN1CCOC(CNc2ncnc3c(-c4ccccc4)nsc23)C1. The normalized spacial score (nSPS) is 18.8. The predicted octanol–water partition coefficient (Wildman–Crippen LogP) is 2.50. The largest absolute Gasteiger partial charge is 0.374 e. The third-order valence-corrected chi connectivity index (χ3v) is 4.99. The number of nitrogens with zero attached hydrogens (tertiary/aromatic N) is 4. The van der Waals surface area contributed by atoms with Gasteiger partial charge in [-0.2, -0.15) is 4.37 Å². The molecule has 0 amide bonds. The molecule has 1 unspecified atom stereocenters. The smallest absolute Gasteiger partial charge is 0.149 e. The topological polar surface area (TPSA) is 63.2 Å². The lowest BCUT2D eigenvalue weighted by Crippen LogP contribution is -2.43. The summed E-state index contributed by atoms with van der Waals surface area (Å²) in [5.41, 5.74) is 2.88. The van der Waals surface area contributed by atoms with Crippen LogP contribution in [0.1, 0.15) is 0 Å². The van der Waals surface area contributed by atoms with E-state index >= 15 is 0 Å². The van der Waals surface area contributed by atoms with Crippen LogP contribution in [0.3, 0.4) is 0 Å². The van der Waals surface area contributed by atoms with Gasteiger partial charge in [-0.25, -0.2) is 9.97 Å². The highest BCUT2D eigenvalue weighted by Crippen LogP contribution is 2.32. The number of hydrogen-bond acceptors (Lipinski definition) is 7. The molecule has 0 saturated carbocycles. The highest BCUT2D eigenvalue weighted by Gasteiger charge is 2.19. The van der Waals surface area contributed by atoms with E-state index in [9.17, 15) is 0 Å². The summed E-state index contributed by atoms with van der Waals surface area (Å²) in [6, 6.07) is 10.1. The molecule has 7 heteroatoms. The average molecular weight is 341 g/mol. The first-order valence-corrected chi connectivity index (χ1v) is 8.78. The van der Waals surface area contributed by atoms with Crippen LogP contribution in [0.25, 0.3) is 21.5 Å². The van der Waals surface area contributed by atoms with E-state index in [1.807, 2.05) is 18.2 Å². The number of ether oxygens (including phenoxy) is 1. The molecule has 124 valence electrons. The summed E-state index contributed by atoms with van der Waals surface area (Å²) >= 11 is 1.43. The number of aromatic nitrogens is 3. The molecule has 1 aliphatic heterocycles. The van der Waals surface area contributed by atoms with Crippen LogP contribution in [0.4, 0.5) is 5.82 Å². The number of benzene rings is 1. The van der Waals surface area contributed by atoms with Crippen molar-refractivity contribution in [2.75, 3.05) is 38.6 Å². The summed E-state index contributed by atoms with van der Waals surface area (Å²) in [5.74, 6) is 0.830. The fraction of sp³-hybridized carbons (Fsp3) is 0.353. The molecular formula is C17H19N5OS. The van der Waals surface area contributed by atoms with Gasteiger partial charge in [-0.3, -0.25) is 0 Å². The maximum absolute atomic E-state index is 5.80. The lowest BCUT2D eigenvalue weighted by molar-refractivity contribution is -0.0117. The van der Waals surface area contributed by atoms with E-state index in [4.69, 9.17) is 4.74 Å². The third kappa shape index (κ3) is 3.10. The van der Waals surface area contributed by atoms with Crippen LogP contribution in [0, 0.1) is 0 Å². The van der Waals surface area contributed by atoms with Crippen molar-refractivity contribution in [1.29, 1.82) is 0 Å². The van der Waals surface area contributed by atoms with Gasteiger partial charge in [0.15, 0.2) is 0 Å². The first kappa shape index (κ1) is 15.4. The molecule has 0 bridgehead atoms. The van der Waals surface area contributed by atoms with Crippen molar-refractivity contribution in [3.63, 3.8) is 0 Å². The number of anilines is 1. The highest BCUT2D eigenvalue weighted by molar-refractivity contribution is 7.14. The minimum Gasteiger partial charge on any atom is -0.374 e. The number of fused-ring (bicyclic) bond motifs is 1. The summed E-state index contributed by atoms with van der Waals surface area (Å²) in [6.07, 6.45) is 1.77. The molecule has 3 heterocycles. The molecule has 0 radical (unpaired) electrons. The molecule has 4 rings (SSSR count). The first-order valence-electron chi connectivity index (χ1n) is 8.01. The Morgan fingerprint density at radius 2 is 2.17 bits per heavy atom. The zero-order valence-corrected chi connectivity index (χ0v) is 14.3. The average Bonchev–Trinajstić information content (AvgIpc) is 3.05. The maximum atomic E-state index is 5.80. The molecule has 0 spiro atoms. The number of likely N-dealkylation sites (N-methyl/N-ethyl adjacent to an activating group) is 1. The standard InChI is InChI=1S/C17H19N5OS/c1-22-7-8-23-13(10-22)9-18-17-16-15(19-11-20-17)14(21-24-16)12-5-3-2-4-6-12/h2-6,11,13H,7-10H2,1H3,(H,18,19,20). The lowest BCUT2D eigenvalue weighted by Gasteiger charge is -2.30. The van der Waals surface area contributed by atoms with E-state index in [-0.39, 0.29) is 6.10 Å². The quantitative estimate of drug-likeness (QED) is 0.787. The molecule has 1 fully saturated rings. The number of rotatable bonds is 4. The highest BCUT2D eigenvalue weighted by atomic mass is 32.1. The fourth-order valence-corrected chi connectivity index (χ4v) is 3.70. The number of nitrogens with one attached hydrogen (secondary N) is 1. The molecule has 3 aromatic rings. The van der Waals surface area contributed by atoms with Gasteiger partial charge in [0.1, 0.15) is 28.1 Å². The monoisotopic (exact) mass is 341 g/mol. The maximum Gasteiger partial charge on any atom is 0.149 e. The van der Waals surface area contributed by atoms with Gasteiger partial charge >= 0.3 is 0 Å². The minimum absolute atomic E-state index is 0.176. The van der Waals surface area contributed by atoms with Crippen LogP contribution >= 0.6 is 11.5 Å². The Morgan fingerprint density at radius 3 is 3.00 bits per heavy atom. The Labute approximate surface area is 144 Å². The Hall–Kier alpha value is -2.09. The molecule has 1 aliphatic rings. The molecular weight excluding hydrogens is 322 g/mol. The Bertz CT molecular complexity index is 822. The van der Waals surface area contributed by atoms with Crippen LogP contribution in [0.15, 0.2) is 36.7 Å². The van der Waals surface area contributed by atoms with Gasteiger partial charge < -0.3 is 15.0 Å². The van der Waals surface area contributed by atoms with Gasteiger partial charge in [-0.1, -0.05) is 30.3 Å². The van der Waals surface area contributed by atoms with Gasteiger partial charge in [0.05, 0.1) is 12.7 Å².